The van der Waals surface area contributed by atoms with Crippen molar-refractivity contribution in [1.29, 1.82) is 0 Å². The summed E-state index contributed by atoms with van der Waals surface area (Å²) in [4.78, 5) is 36.8. The Morgan fingerprint density at radius 1 is 1.19 bits per heavy atom. The summed E-state index contributed by atoms with van der Waals surface area (Å²) in [6.45, 7) is 2.19. The number of fused-ring (bicyclic) bond motifs is 1. The van der Waals surface area contributed by atoms with Crippen LogP contribution < -0.4 is 10.6 Å². The van der Waals surface area contributed by atoms with Crippen molar-refractivity contribution in [2.45, 2.75) is 70.8 Å². The van der Waals surface area contributed by atoms with Gasteiger partial charge in [0.05, 0.1) is 5.56 Å². The van der Waals surface area contributed by atoms with Crippen LogP contribution in [0.3, 0.4) is 0 Å². The van der Waals surface area contributed by atoms with E-state index < -0.39 is 5.97 Å². The van der Waals surface area contributed by atoms with E-state index in [-0.39, 0.29) is 30.7 Å². The standard InChI is InChI=1S/C19H26N2O4S/c1-2-11-6-9-13-14(10-11)26-19(17(13)18(25)20-12-7-8-12)21-15(22)4-3-5-16(23)24/h11-12H,2-10H2,1H3,(H,20,25)(H,21,22)(H,23,24)/t11-/m1/s1. The lowest BCUT2D eigenvalue weighted by atomic mass is 9.85. The van der Waals surface area contributed by atoms with Gasteiger partial charge in [0.25, 0.3) is 5.91 Å². The monoisotopic (exact) mass is 378 g/mol. The van der Waals surface area contributed by atoms with Crippen molar-refractivity contribution in [3.63, 3.8) is 0 Å². The Bertz CT molecular complexity index is 709. The summed E-state index contributed by atoms with van der Waals surface area (Å²) in [5, 5.41) is 15.2. The van der Waals surface area contributed by atoms with E-state index in [1.807, 2.05) is 0 Å². The molecule has 2 amide bonds. The number of nitrogens with one attached hydrogen (secondary N) is 2. The Kier molecular flexibility index (Phi) is 5.96. The third-order valence-electron chi connectivity index (χ3n) is 5.13. The highest BCUT2D eigenvalue weighted by Crippen LogP contribution is 2.40. The smallest absolute Gasteiger partial charge is 0.303 e. The Balaban J connectivity index is 1.76. The number of amides is 2. The molecule has 1 saturated carbocycles. The molecule has 0 saturated heterocycles. The van der Waals surface area contributed by atoms with Crippen LogP contribution in [-0.4, -0.2) is 28.9 Å². The minimum absolute atomic E-state index is 0.0262. The van der Waals surface area contributed by atoms with E-state index >= 15 is 0 Å². The Morgan fingerprint density at radius 3 is 2.62 bits per heavy atom. The molecular weight excluding hydrogens is 352 g/mol. The van der Waals surface area contributed by atoms with E-state index in [2.05, 4.69) is 17.6 Å². The average Bonchev–Trinajstić information content (AvgIpc) is 3.32. The molecule has 1 heterocycles. The van der Waals surface area contributed by atoms with Gasteiger partial charge in [-0.15, -0.1) is 11.3 Å². The molecule has 2 aliphatic carbocycles. The van der Waals surface area contributed by atoms with E-state index in [4.69, 9.17) is 5.11 Å². The summed E-state index contributed by atoms with van der Waals surface area (Å²) in [6.07, 6.45) is 6.51. The van der Waals surface area contributed by atoms with Gasteiger partial charge in [-0.3, -0.25) is 14.4 Å². The molecule has 2 aliphatic rings. The number of carbonyl (C=O) groups excluding carboxylic acids is 2. The molecule has 3 rings (SSSR count). The average molecular weight is 378 g/mol. The van der Waals surface area contributed by atoms with Crippen LogP contribution in [0.15, 0.2) is 0 Å². The molecule has 6 nitrogen and oxygen atoms in total. The van der Waals surface area contributed by atoms with Crippen LogP contribution in [0.4, 0.5) is 5.00 Å². The highest BCUT2D eigenvalue weighted by Gasteiger charge is 2.31. The fraction of sp³-hybridized carbons (Fsp3) is 0.632. The van der Waals surface area contributed by atoms with E-state index in [1.54, 1.807) is 0 Å². The van der Waals surface area contributed by atoms with E-state index in [0.29, 0.717) is 22.9 Å². The number of aliphatic carboxylic acids is 1. The number of anilines is 1. The number of hydrogen-bond acceptors (Lipinski definition) is 4. The van der Waals surface area contributed by atoms with Gasteiger partial charge >= 0.3 is 5.97 Å². The molecule has 0 aliphatic heterocycles. The molecule has 3 N–H and O–H groups in total. The summed E-state index contributed by atoms with van der Waals surface area (Å²) in [7, 11) is 0. The van der Waals surface area contributed by atoms with Crippen LogP contribution in [0.1, 0.15) is 72.7 Å². The highest BCUT2D eigenvalue weighted by atomic mass is 32.1. The van der Waals surface area contributed by atoms with Crippen molar-refractivity contribution in [2.24, 2.45) is 5.92 Å². The molecular formula is C19H26N2O4S. The van der Waals surface area contributed by atoms with Gasteiger partial charge in [-0.25, -0.2) is 0 Å². The second kappa shape index (κ2) is 8.20. The Hall–Kier alpha value is -1.89. The van der Waals surface area contributed by atoms with Gasteiger partial charge in [0, 0.05) is 23.8 Å². The lowest BCUT2D eigenvalue weighted by Gasteiger charge is -2.21. The molecule has 142 valence electrons. The van der Waals surface area contributed by atoms with Crippen LogP contribution in [0.25, 0.3) is 0 Å². The normalized spacial score (nSPS) is 18.9. The van der Waals surface area contributed by atoms with Crippen molar-refractivity contribution >= 4 is 34.1 Å². The van der Waals surface area contributed by atoms with E-state index in [9.17, 15) is 14.4 Å². The quantitative estimate of drug-likeness (QED) is 0.646. The largest absolute Gasteiger partial charge is 0.481 e. The van der Waals surface area contributed by atoms with Crippen molar-refractivity contribution in [3.05, 3.63) is 16.0 Å². The number of carboxylic acids is 1. The van der Waals surface area contributed by atoms with Gasteiger partial charge in [-0.05, 0) is 50.0 Å². The van der Waals surface area contributed by atoms with Gasteiger partial charge in [0.2, 0.25) is 5.91 Å². The topological polar surface area (TPSA) is 95.5 Å². The SMILES string of the molecule is CC[C@@H]1CCc2c(sc(NC(=O)CCCC(=O)O)c2C(=O)NC2CC2)C1. The first-order valence-electron chi connectivity index (χ1n) is 9.45. The predicted octanol–water partition coefficient (Wildman–Crippen LogP) is 3.35. The Morgan fingerprint density at radius 2 is 1.96 bits per heavy atom. The van der Waals surface area contributed by atoms with Crippen molar-refractivity contribution in [2.75, 3.05) is 5.32 Å². The minimum Gasteiger partial charge on any atom is -0.481 e. The molecule has 0 aromatic carbocycles. The van der Waals surface area contributed by atoms with Gasteiger partial charge in [-0.1, -0.05) is 13.3 Å². The molecule has 26 heavy (non-hydrogen) atoms. The molecule has 1 aromatic heterocycles. The summed E-state index contributed by atoms with van der Waals surface area (Å²) >= 11 is 1.52. The van der Waals surface area contributed by atoms with Crippen molar-refractivity contribution in [1.82, 2.24) is 5.32 Å². The summed E-state index contributed by atoms with van der Waals surface area (Å²) in [5.41, 5.74) is 1.73. The molecule has 0 unspecified atom stereocenters. The van der Waals surface area contributed by atoms with Crippen molar-refractivity contribution < 1.29 is 19.5 Å². The zero-order valence-electron chi connectivity index (χ0n) is 15.1. The maximum Gasteiger partial charge on any atom is 0.303 e. The van der Waals surface area contributed by atoms with Crippen LogP contribution in [-0.2, 0) is 22.4 Å². The van der Waals surface area contributed by atoms with Crippen LogP contribution in [0.2, 0.25) is 0 Å². The fourth-order valence-corrected chi connectivity index (χ4v) is 4.78. The first-order valence-corrected chi connectivity index (χ1v) is 10.3. The molecule has 0 spiro atoms. The molecule has 0 bridgehead atoms. The van der Waals surface area contributed by atoms with Crippen LogP contribution >= 0.6 is 11.3 Å². The third kappa shape index (κ3) is 4.63. The number of thiophene rings is 1. The predicted molar refractivity (Wildman–Crippen MR) is 101 cm³/mol. The molecule has 1 aromatic rings. The highest BCUT2D eigenvalue weighted by molar-refractivity contribution is 7.17. The van der Waals surface area contributed by atoms with Gasteiger partial charge in [0.15, 0.2) is 0 Å². The summed E-state index contributed by atoms with van der Waals surface area (Å²) in [6, 6.07) is 0.268. The summed E-state index contributed by atoms with van der Waals surface area (Å²) < 4.78 is 0. The first-order chi connectivity index (χ1) is 12.5. The maximum absolute atomic E-state index is 12.8. The minimum atomic E-state index is -0.903. The number of rotatable bonds is 8. The Labute approximate surface area is 157 Å². The number of carboxylic acid groups (broad SMARTS) is 1. The number of hydrogen-bond donors (Lipinski definition) is 3. The zero-order chi connectivity index (χ0) is 18.7. The second-order valence-electron chi connectivity index (χ2n) is 7.27. The maximum atomic E-state index is 12.8. The lowest BCUT2D eigenvalue weighted by molar-refractivity contribution is -0.137. The molecule has 1 atom stereocenters. The van der Waals surface area contributed by atoms with Gasteiger partial charge < -0.3 is 15.7 Å². The third-order valence-corrected chi connectivity index (χ3v) is 6.30. The van der Waals surface area contributed by atoms with E-state index in [0.717, 1.165) is 44.1 Å². The fourth-order valence-electron chi connectivity index (χ4n) is 3.41. The van der Waals surface area contributed by atoms with Crippen LogP contribution in [0.5, 0.6) is 0 Å². The lowest BCUT2D eigenvalue weighted by Crippen LogP contribution is -2.28. The van der Waals surface area contributed by atoms with Crippen molar-refractivity contribution in [3.8, 4) is 0 Å². The molecule has 7 heteroatoms. The second-order valence-corrected chi connectivity index (χ2v) is 8.37. The first kappa shape index (κ1) is 18.9. The summed E-state index contributed by atoms with van der Waals surface area (Å²) in [5.74, 6) is -0.572. The molecule has 0 radical (unpaired) electrons. The molecule has 1 fully saturated rings. The number of carbonyl (C=O) groups is 3. The van der Waals surface area contributed by atoms with Gasteiger partial charge in [-0.2, -0.15) is 0 Å². The zero-order valence-corrected chi connectivity index (χ0v) is 15.9. The van der Waals surface area contributed by atoms with Gasteiger partial charge in [0.1, 0.15) is 5.00 Å². The van der Waals surface area contributed by atoms with E-state index in [1.165, 1.54) is 16.2 Å². The van der Waals surface area contributed by atoms with Crippen LogP contribution in [0, 0.1) is 5.92 Å².